The highest BCUT2D eigenvalue weighted by molar-refractivity contribution is 9.10. The van der Waals surface area contributed by atoms with Gasteiger partial charge in [0.15, 0.2) is 0 Å². The first-order chi connectivity index (χ1) is 9.56. The standard InChI is InChI=1S/C14H23BrN4S/c1-3-11-13(15)12(19(4-2)17-11)9-18-7-5-6-10(8-18)14(16)20/h10H,3-9H2,1-2H3,(H2,16,20). The number of halogens is 1. The van der Waals surface area contributed by atoms with Gasteiger partial charge >= 0.3 is 0 Å². The van der Waals surface area contributed by atoms with E-state index in [0.29, 0.717) is 10.9 Å². The van der Waals surface area contributed by atoms with Crippen molar-refractivity contribution in [1.29, 1.82) is 0 Å². The maximum absolute atomic E-state index is 5.81. The highest BCUT2D eigenvalue weighted by Gasteiger charge is 2.24. The normalized spacial score (nSPS) is 20.2. The van der Waals surface area contributed by atoms with Gasteiger partial charge in [0.1, 0.15) is 0 Å². The van der Waals surface area contributed by atoms with E-state index in [1.54, 1.807) is 0 Å². The van der Waals surface area contributed by atoms with Gasteiger partial charge in [-0.25, -0.2) is 0 Å². The number of hydrogen-bond acceptors (Lipinski definition) is 3. The summed E-state index contributed by atoms with van der Waals surface area (Å²) in [6.45, 7) is 8.18. The van der Waals surface area contributed by atoms with Gasteiger partial charge in [-0.3, -0.25) is 9.58 Å². The van der Waals surface area contributed by atoms with Crippen LogP contribution in [-0.4, -0.2) is 32.8 Å². The fourth-order valence-corrected chi connectivity index (χ4v) is 3.69. The molecule has 1 saturated heterocycles. The molecule has 0 amide bonds. The monoisotopic (exact) mass is 358 g/mol. The smallest absolute Gasteiger partial charge is 0.0771 e. The number of thiocarbonyl (C=S) groups is 1. The number of nitrogens with zero attached hydrogens (tertiary/aromatic N) is 3. The molecule has 1 aromatic heterocycles. The average molecular weight is 359 g/mol. The number of aromatic nitrogens is 2. The maximum atomic E-state index is 5.81. The first-order valence-corrected chi connectivity index (χ1v) is 8.52. The molecule has 0 saturated carbocycles. The molecule has 4 nitrogen and oxygen atoms in total. The molecule has 1 aliphatic heterocycles. The van der Waals surface area contributed by atoms with Crippen LogP contribution in [0.4, 0.5) is 0 Å². The van der Waals surface area contributed by atoms with Crippen LogP contribution in [0.3, 0.4) is 0 Å². The van der Waals surface area contributed by atoms with Crippen LogP contribution in [-0.2, 0) is 19.5 Å². The van der Waals surface area contributed by atoms with Crippen molar-refractivity contribution in [2.24, 2.45) is 11.7 Å². The van der Waals surface area contributed by atoms with Crippen molar-refractivity contribution in [3.8, 4) is 0 Å². The van der Waals surface area contributed by atoms with E-state index in [0.717, 1.165) is 44.7 Å². The van der Waals surface area contributed by atoms with Gasteiger partial charge in [-0.2, -0.15) is 5.10 Å². The van der Waals surface area contributed by atoms with E-state index < -0.39 is 0 Å². The number of piperidine rings is 1. The topological polar surface area (TPSA) is 47.1 Å². The molecule has 20 heavy (non-hydrogen) atoms. The number of nitrogens with two attached hydrogens (primary N) is 1. The number of likely N-dealkylation sites (tertiary alicyclic amines) is 1. The van der Waals surface area contributed by atoms with Crippen molar-refractivity contribution in [2.75, 3.05) is 13.1 Å². The zero-order valence-electron chi connectivity index (χ0n) is 12.2. The number of hydrogen-bond donors (Lipinski definition) is 1. The molecule has 0 radical (unpaired) electrons. The predicted octanol–water partition coefficient (Wildman–Crippen LogP) is 2.73. The lowest BCUT2D eigenvalue weighted by Gasteiger charge is -2.32. The van der Waals surface area contributed by atoms with E-state index in [1.807, 2.05) is 0 Å². The molecule has 1 atom stereocenters. The van der Waals surface area contributed by atoms with Crippen LogP contribution in [0.5, 0.6) is 0 Å². The highest BCUT2D eigenvalue weighted by atomic mass is 79.9. The number of aryl methyl sites for hydroxylation is 2. The lowest BCUT2D eigenvalue weighted by atomic mass is 9.98. The molecule has 2 N–H and O–H groups in total. The van der Waals surface area contributed by atoms with E-state index in [-0.39, 0.29) is 0 Å². The molecular weight excluding hydrogens is 336 g/mol. The molecule has 0 spiro atoms. The number of rotatable bonds is 5. The molecule has 2 rings (SSSR count). The fraction of sp³-hybridized carbons (Fsp3) is 0.714. The van der Waals surface area contributed by atoms with Gasteiger partial charge in [0.25, 0.3) is 0 Å². The Morgan fingerprint density at radius 1 is 1.50 bits per heavy atom. The SMILES string of the molecule is CCc1nn(CC)c(CN2CCCC(C(N)=S)C2)c1Br. The average Bonchev–Trinajstić information content (AvgIpc) is 2.75. The molecule has 0 aromatic carbocycles. The van der Waals surface area contributed by atoms with Crippen LogP contribution in [0.2, 0.25) is 0 Å². The van der Waals surface area contributed by atoms with Crippen LogP contribution < -0.4 is 5.73 Å². The Morgan fingerprint density at radius 3 is 2.85 bits per heavy atom. The van der Waals surface area contributed by atoms with Crippen LogP contribution in [0.25, 0.3) is 0 Å². The molecule has 0 bridgehead atoms. The van der Waals surface area contributed by atoms with Gasteiger partial charge in [-0.15, -0.1) is 0 Å². The molecule has 2 heterocycles. The predicted molar refractivity (Wildman–Crippen MR) is 89.8 cm³/mol. The second-order valence-corrected chi connectivity index (χ2v) is 6.62. The molecule has 1 unspecified atom stereocenters. The molecule has 1 fully saturated rings. The lowest BCUT2D eigenvalue weighted by Crippen LogP contribution is -2.40. The highest BCUT2D eigenvalue weighted by Crippen LogP contribution is 2.26. The largest absolute Gasteiger partial charge is 0.393 e. The van der Waals surface area contributed by atoms with E-state index in [1.165, 1.54) is 16.6 Å². The summed E-state index contributed by atoms with van der Waals surface area (Å²) in [5.74, 6) is 0.362. The van der Waals surface area contributed by atoms with E-state index in [4.69, 9.17) is 18.0 Å². The summed E-state index contributed by atoms with van der Waals surface area (Å²) in [5.41, 5.74) is 8.23. The van der Waals surface area contributed by atoms with Gasteiger partial charge in [0.05, 0.1) is 20.8 Å². The molecule has 112 valence electrons. The minimum atomic E-state index is 0.362. The summed E-state index contributed by atoms with van der Waals surface area (Å²) in [6.07, 6.45) is 3.25. The lowest BCUT2D eigenvalue weighted by molar-refractivity contribution is 0.192. The quantitative estimate of drug-likeness (QED) is 0.822. The summed E-state index contributed by atoms with van der Waals surface area (Å²) < 4.78 is 3.27. The van der Waals surface area contributed by atoms with E-state index in [9.17, 15) is 0 Å². The van der Waals surface area contributed by atoms with Crippen LogP contribution in [0.1, 0.15) is 38.1 Å². The van der Waals surface area contributed by atoms with Crippen molar-refractivity contribution >= 4 is 33.1 Å². The van der Waals surface area contributed by atoms with Crippen molar-refractivity contribution in [3.05, 3.63) is 15.9 Å². The summed E-state index contributed by atoms with van der Waals surface area (Å²) in [6, 6.07) is 0. The Balaban J connectivity index is 2.13. The first kappa shape index (κ1) is 15.9. The van der Waals surface area contributed by atoms with Gasteiger partial charge in [-0.1, -0.05) is 19.1 Å². The van der Waals surface area contributed by atoms with Crippen molar-refractivity contribution in [3.63, 3.8) is 0 Å². The van der Waals surface area contributed by atoms with E-state index >= 15 is 0 Å². The Labute approximate surface area is 134 Å². The Kier molecular flexibility index (Phi) is 5.57. The molecule has 1 aliphatic rings. The van der Waals surface area contributed by atoms with Gasteiger partial charge < -0.3 is 5.73 Å². The summed E-state index contributed by atoms with van der Waals surface area (Å²) in [7, 11) is 0. The molecule has 6 heteroatoms. The summed E-state index contributed by atoms with van der Waals surface area (Å²) in [4.78, 5) is 3.10. The Morgan fingerprint density at radius 2 is 2.25 bits per heavy atom. The van der Waals surface area contributed by atoms with Crippen LogP contribution in [0.15, 0.2) is 4.47 Å². The zero-order chi connectivity index (χ0) is 14.7. The van der Waals surface area contributed by atoms with Gasteiger partial charge in [0.2, 0.25) is 0 Å². The van der Waals surface area contributed by atoms with Crippen molar-refractivity contribution in [2.45, 2.75) is 46.2 Å². The third kappa shape index (κ3) is 3.40. The Hall–Kier alpha value is -0.460. The fourth-order valence-electron chi connectivity index (χ4n) is 2.81. The second kappa shape index (κ2) is 7.00. The van der Waals surface area contributed by atoms with Crippen molar-refractivity contribution in [1.82, 2.24) is 14.7 Å². The third-order valence-electron chi connectivity index (χ3n) is 3.98. The summed E-state index contributed by atoms with van der Waals surface area (Å²) >= 11 is 8.87. The second-order valence-electron chi connectivity index (χ2n) is 5.35. The van der Waals surface area contributed by atoms with E-state index in [2.05, 4.69) is 44.5 Å². The van der Waals surface area contributed by atoms with Crippen molar-refractivity contribution < 1.29 is 0 Å². The minimum absolute atomic E-state index is 0.362. The first-order valence-electron chi connectivity index (χ1n) is 7.32. The maximum Gasteiger partial charge on any atom is 0.0771 e. The zero-order valence-corrected chi connectivity index (χ0v) is 14.6. The Bertz CT molecular complexity index is 486. The third-order valence-corrected chi connectivity index (χ3v) is 5.22. The van der Waals surface area contributed by atoms with Gasteiger partial charge in [-0.05, 0) is 48.7 Å². The van der Waals surface area contributed by atoms with Crippen LogP contribution in [0, 0.1) is 5.92 Å². The van der Waals surface area contributed by atoms with Gasteiger partial charge in [0, 0.05) is 25.6 Å². The molecule has 1 aromatic rings. The minimum Gasteiger partial charge on any atom is -0.393 e. The molecule has 0 aliphatic carbocycles. The summed E-state index contributed by atoms with van der Waals surface area (Å²) in [5, 5.41) is 4.66. The van der Waals surface area contributed by atoms with Crippen LogP contribution >= 0.6 is 28.1 Å². The molecular formula is C14H23BrN4S.